The minimum Gasteiger partial charge on any atom is -0.441 e. The maximum Gasteiger partial charge on any atom is 0.220 e. The highest BCUT2D eigenvalue weighted by Crippen LogP contribution is 2.27. The van der Waals surface area contributed by atoms with Crippen molar-refractivity contribution in [2.75, 3.05) is 19.6 Å². The molecule has 0 aliphatic carbocycles. The molecule has 0 saturated carbocycles. The molecule has 0 spiro atoms. The van der Waals surface area contributed by atoms with Crippen molar-refractivity contribution in [1.82, 2.24) is 15.6 Å². The number of hydrogen-bond acceptors (Lipinski definition) is 4. The Labute approximate surface area is 147 Å². The molecular weight excluding hydrogens is 321 g/mol. The second kappa shape index (κ2) is 7.78. The average Bonchev–Trinajstić information content (AvgIpc) is 3.08. The van der Waals surface area contributed by atoms with Gasteiger partial charge in [-0.05, 0) is 43.5 Å². The summed E-state index contributed by atoms with van der Waals surface area (Å²) in [7, 11) is 0. The molecule has 1 aromatic carbocycles. The molecule has 1 fully saturated rings. The van der Waals surface area contributed by atoms with E-state index in [2.05, 4.69) is 22.5 Å². The van der Waals surface area contributed by atoms with Crippen LogP contribution >= 0.6 is 0 Å². The summed E-state index contributed by atoms with van der Waals surface area (Å²) in [6.45, 7) is 4.91. The second-order valence-corrected chi connectivity index (χ2v) is 6.94. The van der Waals surface area contributed by atoms with E-state index in [1.54, 1.807) is 18.2 Å². The fourth-order valence-electron chi connectivity index (χ4n) is 3.04. The van der Waals surface area contributed by atoms with Gasteiger partial charge in [0, 0.05) is 19.4 Å². The standard InChI is InChI=1S/C19H24FN3O2/c1-19(8-10-21-11-9-19)13-23-17(24)6-7-18-22-12-16(25-18)14-4-2-3-5-15(14)20/h2-5,12,21H,6-11,13H2,1H3,(H,23,24). The van der Waals surface area contributed by atoms with Crippen LogP contribution in [-0.2, 0) is 11.2 Å². The smallest absolute Gasteiger partial charge is 0.220 e. The molecule has 3 rings (SSSR count). The maximum atomic E-state index is 13.8. The Morgan fingerprint density at radius 2 is 2.12 bits per heavy atom. The van der Waals surface area contributed by atoms with Gasteiger partial charge in [0.15, 0.2) is 11.7 Å². The summed E-state index contributed by atoms with van der Waals surface area (Å²) < 4.78 is 19.3. The molecule has 1 saturated heterocycles. The molecule has 1 amide bonds. The number of aromatic nitrogens is 1. The van der Waals surface area contributed by atoms with Gasteiger partial charge in [0.05, 0.1) is 11.8 Å². The van der Waals surface area contributed by atoms with Gasteiger partial charge in [0.25, 0.3) is 0 Å². The number of piperidine rings is 1. The molecule has 0 atom stereocenters. The summed E-state index contributed by atoms with van der Waals surface area (Å²) >= 11 is 0. The molecule has 1 aliphatic rings. The number of halogens is 1. The Bertz CT molecular complexity index is 723. The molecule has 134 valence electrons. The zero-order chi connectivity index (χ0) is 17.7. The van der Waals surface area contributed by atoms with Crippen LogP contribution in [0.1, 0.15) is 32.1 Å². The van der Waals surface area contributed by atoms with Crippen LogP contribution in [0, 0.1) is 11.2 Å². The lowest BCUT2D eigenvalue weighted by atomic mass is 9.81. The van der Waals surface area contributed by atoms with Crippen molar-refractivity contribution < 1.29 is 13.6 Å². The molecule has 1 aliphatic heterocycles. The third-order valence-corrected chi connectivity index (χ3v) is 4.78. The van der Waals surface area contributed by atoms with Gasteiger partial charge in [0.2, 0.25) is 5.91 Å². The monoisotopic (exact) mass is 345 g/mol. The Morgan fingerprint density at radius 1 is 1.36 bits per heavy atom. The molecule has 1 aromatic heterocycles. The molecule has 0 bridgehead atoms. The van der Waals surface area contributed by atoms with Crippen molar-refractivity contribution in [2.24, 2.45) is 5.41 Å². The largest absolute Gasteiger partial charge is 0.441 e. The zero-order valence-corrected chi connectivity index (χ0v) is 14.5. The summed E-state index contributed by atoms with van der Waals surface area (Å²) in [5, 5.41) is 6.35. The summed E-state index contributed by atoms with van der Waals surface area (Å²) in [5.41, 5.74) is 0.548. The lowest BCUT2D eigenvalue weighted by Gasteiger charge is -2.34. The van der Waals surface area contributed by atoms with Crippen molar-refractivity contribution in [2.45, 2.75) is 32.6 Å². The minimum absolute atomic E-state index is 0.00889. The number of rotatable bonds is 6. The number of carbonyl (C=O) groups excluding carboxylic acids is 1. The van der Waals surface area contributed by atoms with Crippen LogP contribution in [0.2, 0.25) is 0 Å². The average molecular weight is 345 g/mol. The first-order valence-corrected chi connectivity index (χ1v) is 8.73. The van der Waals surface area contributed by atoms with Crippen molar-refractivity contribution >= 4 is 5.91 Å². The fourth-order valence-corrected chi connectivity index (χ4v) is 3.04. The number of benzene rings is 1. The predicted molar refractivity (Wildman–Crippen MR) is 93.4 cm³/mol. The van der Waals surface area contributed by atoms with E-state index in [0.717, 1.165) is 25.9 Å². The highest BCUT2D eigenvalue weighted by Gasteiger charge is 2.26. The third kappa shape index (κ3) is 4.66. The van der Waals surface area contributed by atoms with Crippen molar-refractivity contribution in [3.05, 3.63) is 42.2 Å². The fraction of sp³-hybridized carbons (Fsp3) is 0.474. The van der Waals surface area contributed by atoms with E-state index >= 15 is 0 Å². The van der Waals surface area contributed by atoms with E-state index in [1.807, 2.05) is 0 Å². The summed E-state index contributed by atoms with van der Waals surface area (Å²) in [4.78, 5) is 16.2. The predicted octanol–water partition coefficient (Wildman–Crippen LogP) is 2.92. The zero-order valence-electron chi connectivity index (χ0n) is 14.5. The van der Waals surface area contributed by atoms with E-state index in [0.29, 0.717) is 36.6 Å². The molecule has 5 nitrogen and oxygen atoms in total. The lowest BCUT2D eigenvalue weighted by Crippen LogP contribution is -2.42. The van der Waals surface area contributed by atoms with Crippen molar-refractivity contribution in [1.29, 1.82) is 0 Å². The molecule has 6 heteroatoms. The van der Waals surface area contributed by atoms with Gasteiger partial charge in [-0.2, -0.15) is 0 Å². The van der Waals surface area contributed by atoms with Crippen LogP contribution in [-0.4, -0.2) is 30.5 Å². The number of aryl methyl sites for hydroxylation is 1. The molecule has 0 radical (unpaired) electrons. The Balaban J connectivity index is 1.49. The van der Waals surface area contributed by atoms with Crippen LogP contribution in [0.5, 0.6) is 0 Å². The third-order valence-electron chi connectivity index (χ3n) is 4.78. The van der Waals surface area contributed by atoms with E-state index in [1.165, 1.54) is 12.3 Å². The normalized spacial score (nSPS) is 16.6. The van der Waals surface area contributed by atoms with Crippen molar-refractivity contribution in [3.63, 3.8) is 0 Å². The van der Waals surface area contributed by atoms with E-state index in [9.17, 15) is 9.18 Å². The number of amides is 1. The number of hydrogen-bond donors (Lipinski definition) is 2. The van der Waals surface area contributed by atoms with Gasteiger partial charge in [-0.1, -0.05) is 19.1 Å². The summed E-state index contributed by atoms with van der Waals surface area (Å²) in [5.74, 6) is 0.473. The Hall–Kier alpha value is -2.21. The van der Waals surface area contributed by atoms with Gasteiger partial charge >= 0.3 is 0 Å². The van der Waals surface area contributed by atoms with Gasteiger partial charge < -0.3 is 15.1 Å². The van der Waals surface area contributed by atoms with Crippen LogP contribution in [0.4, 0.5) is 4.39 Å². The quantitative estimate of drug-likeness (QED) is 0.845. The van der Waals surface area contributed by atoms with Gasteiger partial charge in [-0.25, -0.2) is 9.37 Å². The Morgan fingerprint density at radius 3 is 2.88 bits per heavy atom. The number of nitrogens with one attached hydrogen (secondary N) is 2. The lowest BCUT2D eigenvalue weighted by molar-refractivity contribution is -0.121. The van der Waals surface area contributed by atoms with Gasteiger partial charge in [-0.3, -0.25) is 4.79 Å². The van der Waals surface area contributed by atoms with E-state index in [-0.39, 0.29) is 17.1 Å². The highest BCUT2D eigenvalue weighted by molar-refractivity contribution is 5.76. The SMILES string of the molecule is CC1(CNC(=O)CCc2ncc(-c3ccccc3F)o2)CCNCC1. The van der Waals surface area contributed by atoms with Crippen LogP contribution in [0.25, 0.3) is 11.3 Å². The molecule has 2 N–H and O–H groups in total. The van der Waals surface area contributed by atoms with E-state index in [4.69, 9.17) is 4.42 Å². The number of carbonyl (C=O) groups is 1. The second-order valence-electron chi connectivity index (χ2n) is 6.94. The van der Waals surface area contributed by atoms with E-state index < -0.39 is 0 Å². The first-order chi connectivity index (χ1) is 12.1. The van der Waals surface area contributed by atoms with Gasteiger partial charge in [0.1, 0.15) is 5.82 Å². The van der Waals surface area contributed by atoms with Crippen LogP contribution in [0.15, 0.2) is 34.9 Å². The van der Waals surface area contributed by atoms with Crippen LogP contribution in [0.3, 0.4) is 0 Å². The summed E-state index contributed by atoms with van der Waals surface area (Å²) in [6.07, 6.45) is 4.35. The number of nitrogens with zero attached hydrogens (tertiary/aromatic N) is 1. The first kappa shape index (κ1) is 17.6. The number of oxazole rings is 1. The van der Waals surface area contributed by atoms with Crippen LogP contribution < -0.4 is 10.6 Å². The molecule has 0 unspecified atom stereocenters. The maximum absolute atomic E-state index is 13.8. The molecule has 2 aromatic rings. The first-order valence-electron chi connectivity index (χ1n) is 8.73. The minimum atomic E-state index is -0.349. The molecular formula is C19H24FN3O2. The topological polar surface area (TPSA) is 67.2 Å². The molecule has 2 heterocycles. The van der Waals surface area contributed by atoms with Crippen molar-refractivity contribution in [3.8, 4) is 11.3 Å². The highest BCUT2D eigenvalue weighted by atomic mass is 19.1. The van der Waals surface area contributed by atoms with Gasteiger partial charge in [-0.15, -0.1) is 0 Å². The molecule has 25 heavy (non-hydrogen) atoms. The Kier molecular flexibility index (Phi) is 5.48. The summed E-state index contributed by atoms with van der Waals surface area (Å²) in [6, 6.07) is 6.40.